The van der Waals surface area contributed by atoms with Crippen LogP contribution < -0.4 is 0 Å². The van der Waals surface area contributed by atoms with Crippen LogP contribution in [0.15, 0.2) is 0 Å². The first-order valence-corrected chi connectivity index (χ1v) is 4.27. The van der Waals surface area contributed by atoms with Crippen LogP contribution in [0.4, 0.5) is 0 Å². The Balaban J connectivity index is 2.15. The van der Waals surface area contributed by atoms with Gasteiger partial charge in [0.05, 0.1) is 6.42 Å². The minimum absolute atomic E-state index is 0.142. The van der Waals surface area contributed by atoms with Crippen molar-refractivity contribution in [2.75, 3.05) is 6.54 Å². The van der Waals surface area contributed by atoms with E-state index >= 15 is 0 Å². The highest BCUT2D eigenvalue weighted by atomic mass is 16.7. The van der Waals surface area contributed by atoms with Gasteiger partial charge in [-0.3, -0.25) is 9.59 Å². The number of hydrogen-bond acceptors (Lipinski definition) is 4. The first-order valence-electron chi connectivity index (χ1n) is 4.27. The van der Waals surface area contributed by atoms with Gasteiger partial charge >= 0.3 is 5.97 Å². The van der Waals surface area contributed by atoms with Gasteiger partial charge in [0.1, 0.15) is 6.04 Å². The topological polar surface area (TPSA) is 46.6 Å². The zero-order valence-corrected chi connectivity index (χ0v) is 6.78. The Morgan fingerprint density at radius 1 is 1.33 bits per heavy atom. The van der Waals surface area contributed by atoms with Crippen LogP contribution >= 0.6 is 0 Å². The monoisotopic (exact) mass is 169 g/mol. The summed E-state index contributed by atoms with van der Waals surface area (Å²) in [6.45, 7) is 0.710. The molecular weight excluding hydrogens is 158 g/mol. The third-order valence-corrected chi connectivity index (χ3v) is 2.37. The van der Waals surface area contributed by atoms with Gasteiger partial charge in [0.25, 0.3) is 0 Å². The number of fused-ring (bicyclic) bond motifs is 1. The molecule has 0 bridgehead atoms. The minimum atomic E-state index is -0.271. The zero-order valence-electron chi connectivity index (χ0n) is 6.78. The molecular formula is C8H11NO3. The molecule has 12 heavy (non-hydrogen) atoms. The highest BCUT2D eigenvalue weighted by Gasteiger charge is 2.35. The molecule has 1 unspecified atom stereocenters. The maximum absolute atomic E-state index is 11.4. The molecule has 2 aliphatic rings. The number of rotatable bonds is 0. The fraction of sp³-hybridized carbons (Fsp3) is 0.750. The molecule has 0 N–H and O–H groups in total. The molecule has 2 aliphatic heterocycles. The summed E-state index contributed by atoms with van der Waals surface area (Å²) in [6, 6.07) is -0.142. The maximum Gasteiger partial charge on any atom is 0.325 e. The highest BCUT2D eigenvalue weighted by molar-refractivity contribution is 5.88. The van der Waals surface area contributed by atoms with Crippen LogP contribution in [0.2, 0.25) is 0 Å². The Morgan fingerprint density at radius 2 is 2.17 bits per heavy atom. The lowest BCUT2D eigenvalue weighted by Crippen LogP contribution is -2.34. The van der Waals surface area contributed by atoms with Crippen molar-refractivity contribution in [1.29, 1.82) is 0 Å². The second-order valence-electron chi connectivity index (χ2n) is 3.23. The van der Waals surface area contributed by atoms with E-state index in [1.54, 1.807) is 0 Å². The third kappa shape index (κ3) is 1.22. The summed E-state index contributed by atoms with van der Waals surface area (Å²) >= 11 is 0. The van der Waals surface area contributed by atoms with Gasteiger partial charge in [0, 0.05) is 13.0 Å². The number of carbonyl (C=O) groups is 2. The number of ketones is 1. The predicted molar refractivity (Wildman–Crippen MR) is 40.1 cm³/mol. The minimum Gasteiger partial charge on any atom is -0.367 e. The Labute approximate surface area is 70.4 Å². The van der Waals surface area contributed by atoms with E-state index in [0.717, 1.165) is 12.8 Å². The van der Waals surface area contributed by atoms with Crippen molar-refractivity contribution >= 4 is 11.8 Å². The predicted octanol–water partition coefficient (Wildman–Crippen LogP) is 0.272. The van der Waals surface area contributed by atoms with Gasteiger partial charge in [-0.25, -0.2) is 0 Å². The fourth-order valence-electron chi connectivity index (χ4n) is 1.74. The largest absolute Gasteiger partial charge is 0.367 e. The van der Waals surface area contributed by atoms with Crippen molar-refractivity contribution in [3.63, 3.8) is 0 Å². The summed E-state index contributed by atoms with van der Waals surface area (Å²) in [6.07, 6.45) is 2.38. The lowest BCUT2D eigenvalue weighted by atomic mass is 10.1. The number of hydroxylamine groups is 2. The average Bonchev–Trinajstić information content (AvgIpc) is 2.44. The summed E-state index contributed by atoms with van der Waals surface area (Å²) in [4.78, 5) is 27.3. The van der Waals surface area contributed by atoms with Crippen LogP contribution in [-0.2, 0) is 14.4 Å². The Kier molecular flexibility index (Phi) is 1.84. The molecule has 0 aromatic heterocycles. The average molecular weight is 169 g/mol. The van der Waals surface area contributed by atoms with Crippen LogP contribution in [0.25, 0.3) is 0 Å². The van der Waals surface area contributed by atoms with Gasteiger partial charge in [0.15, 0.2) is 5.78 Å². The van der Waals surface area contributed by atoms with Gasteiger partial charge in [0.2, 0.25) is 0 Å². The van der Waals surface area contributed by atoms with Crippen LogP contribution in [0.3, 0.4) is 0 Å². The molecule has 2 rings (SSSR count). The Bertz CT molecular complexity index is 226. The first-order chi connectivity index (χ1) is 5.77. The smallest absolute Gasteiger partial charge is 0.325 e. The van der Waals surface area contributed by atoms with Gasteiger partial charge in [-0.05, 0) is 12.8 Å². The first kappa shape index (κ1) is 7.73. The van der Waals surface area contributed by atoms with E-state index in [1.807, 2.05) is 0 Å². The number of Topliss-reactive ketones (excluding diaryl/α,β-unsaturated/α-hetero) is 1. The van der Waals surface area contributed by atoms with Gasteiger partial charge in [-0.2, -0.15) is 0 Å². The van der Waals surface area contributed by atoms with E-state index < -0.39 is 0 Å². The number of nitrogens with zero attached hydrogens (tertiary/aromatic N) is 1. The molecule has 0 saturated carbocycles. The third-order valence-electron chi connectivity index (χ3n) is 2.37. The Morgan fingerprint density at radius 3 is 3.00 bits per heavy atom. The van der Waals surface area contributed by atoms with E-state index in [1.165, 1.54) is 5.06 Å². The lowest BCUT2D eigenvalue weighted by Gasteiger charge is -2.17. The highest BCUT2D eigenvalue weighted by Crippen LogP contribution is 2.23. The summed E-state index contributed by atoms with van der Waals surface area (Å²) in [5.41, 5.74) is 0. The van der Waals surface area contributed by atoms with Gasteiger partial charge in [-0.15, -0.1) is 5.06 Å². The van der Waals surface area contributed by atoms with Crippen LogP contribution in [0.1, 0.15) is 25.7 Å². The van der Waals surface area contributed by atoms with Crippen molar-refractivity contribution in [1.82, 2.24) is 5.06 Å². The zero-order chi connectivity index (χ0) is 8.55. The van der Waals surface area contributed by atoms with E-state index in [0.29, 0.717) is 13.0 Å². The summed E-state index contributed by atoms with van der Waals surface area (Å²) in [7, 11) is 0. The summed E-state index contributed by atoms with van der Waals surface area (Å²) in [5, 5.41) is 1.54. The molecule has 4 nitrogen and oxygen atoms in total. The molecule has 0 amide bonds. The second kappa shape index (κ2) is 2.86. The SMILES string of the molecule is O=C1CCC(=O)C2CCCN2O1. The van der Waals surface area contributed by atoms with Crippen LogP contribution in [0, 0.1) is 0 Å². The Hall–Kier alpha value is -0.900. The molecule has 2 saturated heterocycles. The quantitative estimate of drug-likeness (QED) is 0.522. The molecule has 66 valence electrons. The molecule has 0 aliphatic carbocycles. The van der Waals surface area contributed by atoms with Gasteiger partial charge in [-0.1, -0.05) is 0 Å². The van der Waals surface area contributed by atoms with E-state index in [2.05, 4.69) is 0 Å². The van der Waals surface area contributed by atoms with Crippen molar-refractivity contribution in [3.05, 3.63) is 0 Å². The van der Waals surface area contributed by atoms with E-state index in [-0.39, 0.29) is 24.2 Å². The molecule has 0 aromatic carbocycles. The molecule has 0 spiro atoms. The van der Waals surface area contributed by atoms with Crippen LogP contribution in [-0.4, -0.2) is 29.4 Å². The van der Waals surface area contributed by atoms with Crippen LogP contribution in [0.5, 0.6) is 0 Å². The number of carbonyl (C=O) groups excluding carboxylic acids is 2. The molecule has 4 heteroatoms. The molecule has 1 atom stereocenters. The summed E-state index contributed by atoms with van der Waals surface area (Å²) in [5.74, 6) is -0.119. The fourth-order valence-corrected chi connectivity index (χ4v) is 1.74. The van der Waals surface area contributed by atoms with E-state index in [9.17, 15) is 9.59 Å². The van der Waals surface area contributed by atoms with Gasteiger partial charge < -0.3 is 4.84 Å². The summed E-state index contributed by atoms with van der Waals surface area (Å²) < 4.78 is 0. The standard InChI is InChI=1S/C8H11NO3/c10-7-3-4-8(11)12-9-5-1-2-6(7)9/h6H,1-5H2. The van der Waals surface area contributed by atoms with Crippen molar-refractivity contribution in [2.24, 2.45) is 0 Å². The van der Waals surface area contributed by atoms with Crippen molar-refractivity contribution in [2.45, 2.75) is 31.7 Å². The number of hydrogen-bond donors (Lipinski definition) is 0. The second-order valence-corrected chi connectivity index (χ2v) is 3.23. The normalized spacial score (nSPS) is 31.2. The molecule has 2 heterocycles. The molecule has 0 aromatic rings. The van der Waals surface area contributed by atoms with E-state index in [4.69, 9.17) is 4.84 Å². The molecule has 2 fully saturated rings. The van der Waals surface area contributed by atoms with Crippen molar-refractivity contribution in [3.8, 4) is 0 Å². The lowest BCUT2D eigenvalue weighted by molar-refractivity contribution is -0.190. The maximum atomic E-state index is 11.4. The van der Waals surface area contributed by atoms with Crippen molar-refractivity contribution < 1.29 is 14.4 Å². The molecule has 0 radical (unpaired) electrons.